The highest BCUT2D eigenvalue weighted by atomic mass is 35.5. The summed E-state index contributed by atoms with van der Waals surface area (Å²) < 4.78 is 0. The topological polar surface area (TPSA) is 53.1 Å². The van der Waals surface area contributed by atoms with Crippen LogP contribution < -0.4 is 5.73 Å². The zero-order valence-corrected chi connectivity index (χ0v) is 9.05. The Labute approximate surface area is 89.0 Å². The lowest BCUT2D eigenvalue weighted by molar-refractivity contribution is 0.395. The molecular weight excluding hydrogens is 198 g/mol. The fraction of sp³-hybridized carbons (Fsp3) is 0.300. The Balaban J connectivity index is 2.89. The molecule has 1 atom stereocenters. The van der Waals surface area contributed by atoms with Crippen LogP contribution in [0.4, 0.5) is 0 Å². The van der Waals surface area contributed by atoms with Crippen LogP contribution in [-0.4, -0.2) is 17.9 Å². The van der Waals surface area contributed by atoms with Gasteiger partial charge in [0.25, 0.3) is 0 Å². The molecule has 4 heteroatoms. The molecule has 0 amide bonds. The molecule has 0 saturated carbocycles. The third kappa shape index (κ3) is 2.39. The highest BCUT2D eigenvalue weighted by Gasteiger charge is 2.12. The molecule has 1 aromatic carbocycles. The van der Waals surface area contributed by atoms with Crippen molar-refractivity contribution in [1.82, 2.24) is 4.90 Å². The van der Waals surface area contributed by atoms with E-state index in [9.17, 15) is 0 Å². The third-order valence-electron chi connectivity index (χ3n) is 2.29. The van der Waals surface area contributed by atoms with E-state index in [0.717, 1.165) is 5.56 Å². The SMILES string of the molecule is CC(c1cccc(Cl)c1)N(C)C(=N)N. The number of nitrogens with one attached hydrogen (secondary N) is 1. The Kier molecular flexibility index (Phi) is 3.36. The normalized spacial score (nSPS) is 12.2. The molecule has 3 N–H and O–H groups in total. The molecule has 0 heterocycles. The van der Waals surface area contributed by atoms with Gasteiger partial charge in [-0.3, -0.25) is 5.41 Å². The Morgan fingerprint density at radius 2 is 2.21 bits per heavy atom. The highest BCUT2D eigenvalue weighted by molar-refractivity contribution is 6.30. The number of nitrogens with zero attached hydrogens (tertiary/aromatic N) is 1. The number of hydrogen-bond acceptors (Lipinski definition) is 1. The molecule has 0 aliphatic heterocycles. The van der Waals surface area contributed by atoms with Gasteiger partial charge in [-0.1, -0.05) is 23.7 Å². The second-order valence-corrected chi connectivity index (χ2v) is 3.66. The van der Waals surface area contributed by atoms with Crippen molar-refractivity contribution in [2.75, 3.05) is 7.05 Å². The summed E-state index contributed by atoms with van der Waals surface area (Å²) >= 11 is 5.87. The zero-order valence-electron chi connectivity index (χ0n) is 8.29. The van der Waals surface area contributed by atoms with Crippen molar-refractivity contribution in [3.8, 4) is 0 Å². The predicted octanol–water partition coefficient (Wildman–Crippen LogP) is 2.23. The van der Waals surface area contributed by atoms with Crippen LogP contribution >= 0.6 is 11.6 Å². The van der Waals surface area contributed by atoms with Crippen molar-refractivity contribution in [3.63, 3.8) is 0 Å². The fourth-order valence-electron chi connectivity index (χ4n) is 1.20. The number of hydrogen-bond donors (Lipinski definition) is 2. The smallest absolute Gasteiger partial charge is 0.188 e. The van der Waals surface area contributed by atoms with E-state index in [-0.39, 0.29) is 12.0 Å². The van der Waals surface area contributed by atoms with Crippen molar-refractivity contribution in [3.05, 3.63) is 34.9 Å². The number of halogens is 1. The van der Waals surface area contributed by atoms with E-state index in [2.05, 4.69) is 0 Å². The van der Waals surface area contributed by atoms with Gasteiger partial charge in [0.15, 0.2) is 5.96 Å². The summed E-state index contributed by atoms with van der Waals surface area (Å²) in [4.78, 5) is 1.69. The number of nitrogens with two attached hydrogens (primary N) is 1. The van der Waals surface area contributed by atoms with Gasteiger partial charge in [-0.25, -0.2) is 0 Å². The number of guanidine groups is 1. The predicted molar refractivity (Wildman–Crippen MR) is 59.5 cm³/mol. The van der Waals surface area contributed by atoms with E-state index >= 15 is 0 Å². The summed E-state index contributed by atoms with van der Waals surface area (Å²) in [6.45, 7) is 1.98. The minimum absolute atomic E-state index is 0.0532. The van der Waals surface area contributed by atoms with Crippen LogP contribution in [0.3, 0.4) is 0 Å². The van der Waals surface area contributed by atoms with Gasteiger partial charge in [0.1, 0.15) is 0 Å². The molecule has 0 aliphatic carbocycles. The Morgan fingerprint density at radius 1 is 1.57 bits per heavy atom. The summed E-state index contributed by atoms with van der Waals surface area (Å²) in [7, 11) is 1.79. The lowest BCUT2D eigenvalue weighted by atomic mass is 10.1. The average molecular weight is 212 g/mol. The summed E-state index contributed by atoms with van der Waals surface area (Å²) in [5.74, 6) is 0.0532. The first-order valence-corrected chi connectivity index (χ1v) is 4.72. The monoisotopic (exact) mass is 211 g/mol. The maximum absolute atomic E-state index is 7.30. The van der Waals surface area contributed by atoms with E-state index in [1.54, 1.807) is 11.9 Å². The first kappa shape index (κ1) is 10.9. The molecule has 1 aromatic rings. The minimum atomic E-state index is 0.0532. The summed E-state index contributed by atoms with van der Waals surface area (Å²) in [5.41, 5.74) is 6.44. The second kappa shape index (κ2) is 4.33. The third-order valence-corrected chi connectivity index (χ3v) is 2.53. The number of benzene rings is 1. The van der Waals surface area contributed by atoms with Crippen LogP contribution in [0.25, 0.3) is 0 Å². The quantitative estimate of drug-likeness (QED) is 0.582. The van der Waals surface area contributed by atoms with Crippen LogP contribution in [0, 0.1) is 5.41 Å². The van der Waals surface area contributed by atoms with Crippen LogP contribution in [0.2, 0.25) is 5.02 Å². The lowest BCUT2D eigenvalue weighted by Gasteiger charge is -2.25. The van der Waals surface area contributed by atoms with Gasteiger partial charge in [-0.05, 0) is 24.6 Å². The number of rotatable bonds is 2. The highest BCUT2D eigenvalue weighted by Crippen LogP contribution is 2.21. The zero-order chi connectivity index (χ0) is 10.7. The van der Waals surface area contributed by atoms with E-state index in [1.165, 1.54) is 0 Å². The maximum Gasteiger partial charge on any atom is 0.188 e. The Hall–Kier alpha value is -1.22. The molecule has 0 fully saturated rings. The minimum Gasteiger partial charge on any atom is -0.370 e. The molecule has 0 spiro atoms. The molecule has 0 saturated heterocycles. The summed E-state index contributed by atoms with van der Waals surface area (Å²) in [6.07, 6.45) is 0. The van der Waals surface area contributed by atoms with Crippen molar-refractivity contribution in [2.24, 2.45) is 5.73 Å². The van der Waals surface area contributed by atoms with Gasteiger partial charge in [0.05, 0.1) is 6.04 Å². The second-order valence-electron chi connectivity index (χ2n) is 3.23. The summed E-state index contributed by atoms with van der Waals surface area (Å²) in [6, 6.07) is 7.63. The molecule has 0 radical (unpaired) electrons. The van der Waals surface area contributed by atoms with Gasteiger partial charge in [-0.15, -0.1) is 0 Å². The van der Waals surface area contributed by atoms with E-state index in [1.807, 2.05) is 31.2 Å². The molecule has 1 rings (SSSR count). The van der Waals surface area contributed by atoms with Gasteiger partial charge < -0.3 is 10.6 Å². The molecule has 76 valence electrons. The van der Waals surface area contributed by atoms with Gasteiger partial charge >= 0.3 is 0 Å². The first-order chi connectivity index (χ1) is 6.52. The van der Waals surface area contributed by atoms with Crippen molar-refractivity contribution in [2.45, 2.75) is 13.0 Å². The van der Waals surface area contributed by atoms with E-state index < -0.39 is 0 Å². The van der Waals surface area contributed by atoms with E-state index in [0.29, 0.717) is 5.02 Å². The molecule has 14 heavy (non-hydrogen) atoms. The van der Waals surface area contributed by atoms with Gasteiger partial charge in [0, 0.05) is 12.1 Å². The summed E-state index contributed by atoms with van der Waals surface area (Å²) in [5, 5.41) is 8.00. The lowest BCUT2D eigenvalue weighted by Crippen LogP contribution is -2.34. The fourth-order valence-corrected chi connectivity index (χ4v) is 1.40. The van der Waals surface area contributed by atoms with Crippen molar-refractivity contribution in [1.29, 1.82) is 5.41 Å². The molecule has 0 aliphatic rings. The molecular formula is C10H14ClN3. The molecule has 3 nitrogen and oxygen atoms in total. The van der Waals surface area contributed by atoms with Crippen LogP contribution in [0.1, 0.15) is 18.5 Å². The molecule has 0 aromatic heterocycles. The molecule has 0 bridgehead atoms. The molecule has 1 unspecified atom stereocenters. The average Bonchev–Trinajstić information content (AvgIpc) is 2.15. The van der Waals surface area contributed by atoms with Crippen LogP contribution in [-0.2, 0) is 0 Å². The maximum atomic E-state index is 7.30. The van der Waals surface area contributed by atoms with Gasteiger partial charge in [-0.2, -0.15) is 0 Å². The first-order valence-electron chi connectivity index (χ1n) is 4.34. The standard InChI is InChI=1S/C10H14ClN3/c1-7(14(2)10(12)13)8-4-3-5-9(11)6-8/h3-7H,1-2H3,(H3,12,13). The largest absolute Gasteiger partial charge is 0.370 e. The Bertz CT molecular complexity index is 338. The van der Waals surface area contributed by atoms with Crippen LogP contribution in [0.15, 0.2) is 24.3 Å². The van der Waals surface area contributed by atoms with E-state index in [4.69, 9.17) is 22.7 Å². The van der Waals surface area contributed by atoms with Gasteiger partial charge in [0.2, 0.25) is 0 Å². The van der Waals surface area contributed by atoms with Crippen molar-refractivity contribution >= 4 is 17.6 Å². The Morgan fingerprint density at radius 3 is 2.71 bits per heavy atom. The van der Waals surface area contributed by atoms with Crippen LogP contribution in [0.5, 0.6) is 0 Å². The van der Waals surface area contributed by atoms with Crippen molar-refractivity contribution < 1.29 is 0 Å².